The molecule has 100 valence electrons. The Balaban J connectivity index is 2.01. The highest BCUT2D eigenvalue weighted by molar-refractivity contribution is 6.34. The van der Waals surface area contributed by atoms with Crippen LogP contribution in [0.3, 0.4) is 0 Å². The smallest absolute Gasteiger partial charge is 0.112 e. The Hall–Kier alpha value is -1.83. The van der Waals surface area contributed by atoms with Crippen molar-refractivity contribution in [3.05, 3.63) is 89.0 Å². The fourth-order valence-electron chi connectivity index (χ4n) is 2.53. The summed E-state index contributed by atoms with van der Waals surface area (Å²) in [5.74, 6) is 0. The van der Waals surface area contributed by atoms with Gasteiger partial charge in [0.15, 0.2) is 0 Å². The van der Waals surface area contributed by atoms with Gasteiger partial charge in [-0.05, 0) is 28.9 Å². The SMILES string of the molecule is OC1(c2ccccc2)C=CC(Cl)=C(c2ccccc2)C1. The summed E-state index contributed by atoms with van der Waals surface area (Å²) in [7, 11) is 0. The van der Waals surface area contributed by atoms with Crippen LogP contribution >= 0.6 is 11.6 Å². The molecule has 2 aromatic carbocycles. The fraction of sp³-hybridized carbons (Fsp3) is 0.111. The third-order valence-corrected chi connectivity index (χ3v) is 3.99. The third kappa shape index (κ3) is 2.43. The topological polar surface area (TPSA) is 20.2 Å². The van der Waals surface area contributed by atoms with E-state index < -0.39 is 5.60 Å². The summed E-state index contributed by atoms with van der Waals surface area (Å²) in [6.07, 6.45) is 4.05. The molecule has 0 aliphatic heterocycles. The molecule has 1 nitrogen and oxygen atoms in total. The Bertz CT molecular complexity index is 658. The molecule has 20 heavy (non-hydrogen) atoms. The van der Waals surface area contributed by atoms with Crippen LogP contribution in [0.15, 0.2) is 77.8 Å². The summed E-state index contributed by atoms with van der Waals surface area (Å²) in [5.41, 5.74) is 1.91. The highest BCUT2D eigenvalue weighted by atomic mass is 35.5. The lowest BCUT2D eigenvalue weighted by atomic mass is 9.81. The molecule has 0 spiro atoms. The van der Waals surface area contributed by atoms with Crippen molar-refractivity contribution in [3.8, 4) is 0 Å². The van der Waals surface area contributed by atoms with E-state index in [1.807, 2.05) is 60.7 Å². The first kappa shape index (κ1) is 13.2. The molecular formula is C18H15ClO. The summed E-state index contributed by atoms with van der Waals surface area (Å²) >= 11 is 6.31. The molecule has 0 saturated carbocycles. The van der Waals surface area contributed by atoms with Crippen LogP contribution < -0.4 is 0 Å². The van der Waals surface area contributed by atoms with Crippen molar-refractivity contribution in [2.75, 3.05) is 0 Å². The second kappa shape index (κ2) is 5.28. The monoisotopic (exact) mass is 282 g/mol. The molecule has 0 fully saturated rings. The van der Waals surface area contributed by atoms with Crippen molar-refractivity contribution in [1.29, 1.82) is 0 Å². The van der Waals surface area contributed by atoms with E-state index in [2.05, 4.69) is 0 Å². The number of hydrogen-bond donors (Lipinski definition) is 1. The van der Waals surface area contributed by atoms with Gasteiger partial charge >= 0.3 is 0 Å². The maximum absolute atomic E-state index is 10.9. The van der Waals surface area contributed by atoms with Gasteiger partial charge in [0.25, 0.3) is 0 Å². The van der Waals surface area contributed by atoms with Gasteiger partial charge in [0, 0.05) is 11.5 Å². The zero-order chi connectivity index (χ0) is 14.0. The molecule has 2 aromatic rings. The van der Waals surface area contributed by atoms with E-state index in [9.17, 15) is 5.11 Å². The molecule has 0 saturated heterocycles. The molecule has 2 heteroatoms. The van der Waals surface area contributed by atoms with Crippen molar-refractivity contribution in [3.63, 3.8) is 0 Å². The predicted molar refractivity (Wildman–Crippen MR) is 83.3 cm³/mol. The maximum Gasteiger partial charge on any atom is 0.112 e. The van der Waals surface area contributed by atoms with Crippen LogP contribution in [0.25, 0.3) is 5.57 Å². The number of aliphatic hydroxyl groups is 1. The normalized spacial score (nSPS) is 22.1. The van der Waals surface area contributed by atoms with E-state index in [0.717, 1.165) is 16.7 Å². The average Bonchev–Trinajstić information content (AvgIpc) is 2.52. The Labute approximate surface area is 123 Å². The van der Waals surface area contributed by atoms with Gasteiger partial charge in [-0.3, -0.25) is 0 Å². The van der Waals surface area contributed by atoms with Crippen LogP contribution in [0.4, 0.5) is 0 Å². The molecule has 0 aromatic heterocycles. The molecule has 0 amide bonds. The minimum Gasteiger partial charge on any atom is -0.381 e. The van der Waals surface area contributed by atoms with Gasteiger partial charge < -0.3 is 5.11 Å². The number of allylic oxidation sites excluding steroid dienone is 2. The third-order valence-electron chi connectivity index (χ3n) is 3.64. The van der Waals surface area contributed by atoms with Gasteiger partial charge in [-0.25, -0.2) is 0 Å². The van der Waals surface area contributed by atoms with Gasteiger partial charge in [-0.1, -0.05) is 72.3 Å². The highest BCUT2D eigenvalue weighted by Gasteiger charge is 2.31. The van der Waals surface area contributed by atoms with Crippen molar-refractivity contribution >= 4 is 17.2 Å². The lowest BCUT2D eigenvalue weighted by Gasteiger charge is -2.30. The summed E-state index contributed by atoms with van der Waals surface area (Å²) < 4.78 is 0. The number of halogens is 1. The minimum absolute atomic E-state index is 0.482. The molecule has 0 bridgehead atoms. The van der Waals surface area contributed by atoms with Crippen LogP contribution in [-0.4, -0.2) is 5.11 Å². The molecule has 0 heterocycles. The Morgan fingerprint density at radius 2 is 1.50 bits per heavy atom. The van der Waals surface area contributed by atoms with Gasteiger partial charge in [0.2, 0.25) is 0 Å². The van der Waals surface area contributed by atoms with Crippen LogP contribution in [0.1, 0.15) is 17.5 Å². The zero-order valence-corrected chi connectivity index (χ0v) is 11.7. The van der Waals surface area contributed by atoms with Crippen LogP contribution in [-0.2, 0) is 5.60 Å². The Morgan fingerprint density at radius 3 is 2.15 bits per heavy atom. The standard InChI is InChI=1S/C18H15ClO/c19-17-11-12-18(20,15-9-5-2-6-10-15)13-16(17)14-7-3-1-4-8-14/h1-12,20H,13H2. The van der Waals surface area contributed by atoms with Gasteiger partial charge in [-0.15, -0.1) is 0 Å². The van der Waals surface area contributed by atoms with E-state index in [0.29, 0.717) is 11.5 Å². The molecular weight excluding hydrogens is 268 g/mol. The number of hydrogen-bond acceptors (Lipinski definition) is 1. The molecule has 0 radical (unpaired) electrons. The molecule has 1 aliphatic rings. The number of rotatable bonds is 2. The van der Waals surface area contributed by atoms with Crippen molar-refractivity contribution < 1.29 is 5.11 Å². The fourth-order valence-corrected chi connectivity index (χ4v) is 2.77. The molecule has 1 atom stereocenters. The lowest BCUT2D eigenvalue weighted by Crippen LogP contribution is -2.25. The Morgan fingerprint density at radius 1 is 0.900 bits per heavy atom. The average molecular weight is 283 g/mol. The molecule has 1 aliphatic carbocycles. The Kier molecular flexibility index (Phi) is 3.47. The van der Waals surface area contributed by atoms with E-state index in [1.54, 1.807) is 12.2 Å². The molecule has 1 N–H and O–H groups in total. The second-order valence-corrected chi connectivity index (χ2v) is 5.40. The van der Waals surface area contributed by atoms with Crippen molar-refractivity contribution in [2.24, 2.45) is 0 Å². The van der Waals surface area contributed by atoms with Crippen molar-refractivity contribution in [2.45, 2.75) is 12.0 Å². The van der Waals surface area contributed by atoms with Crippen LogP contribution in [0.5, 0.6) is 0 Å². The summed E-state index contributed by atoms with van der Waals surface area (Å²) in [4.78, 5) is 0. The first-order valence-electron chi connectivity index (χ1n) is 6.60. The number of benzene rings is 2. The van der Waals surface area contributed by atoms with E-state index in [4.69, 9.17) is 11.6 Å². The van der Waals surface area contributed by atoms with Crippen LogP contribution in [0, 0.1) is 0 Å². The predicted octanol–water partition coefficient (Wildman–Crippen LogP) is 4.48. The van der Waals surface area contributed by atoms with E-state index >= 15 is 0 Å². The van der Waals surface area contributed by atoms with E-state index in [-0.39, 0.29) is 0 Å². The first-order valence-corrected chi connectivity index (χ1v) is 6.98. The van der Waals surface area contributed by atoms with Gasteiger partial charge in [0.1, 0.15) is 5.60 Å². The summed E-state index contributed by atoms with van der Waals surface area (Å²) in [6, 6.07) is 19.6. The molecule has 1 unspecified atom stereocenters. The van der Waals surface area contributed by atoms with Crippen molar-refractivity contribution in [1.82, 2.24) is 0 Å². The summed E-state index contributed by atoms with van der Waals surface area (Å²) in [5, 5.41) is 11.6. The minimum atomic E-state index is -0.995. The largest absolute Gasteiger partial charge is 0.381 e. The lowest BCUT2D eigenvalue weighted by molar-refractivity contribution is 0.0942. The first-order chi connectivity index (χ1) is 9.69. The zero-order valence-electron chi connectivity index (χ0n) is 11.0. The highest BCUT2D eigenvalue weighted by Crippen LogP contribution is 2.40. The second-order valence-electron chi connectivity index (χ2n) is 4.99. The van der Waals surface area contributed by atoms with Gasteiger partial charge in [-0.2, -0.15) is 0 Å². The van der Waals surface area contributed by atoms with Crippen LogP contribution in [0.2, 0.25) is 0 Å². The quantitative estimate of drug-likeness (QED) is 0.861. The maximum atomic E-state index is 10.9. The van der Waals surface area contributed by atoms with Gasteiger partial charge in [0.05, 0.1) is 0 Å². The summed E-state index contributed by atoms with van der Waals surface area (Å²) in [6.45, 7) is 0. The van der Waals surface area contributed by atoms with E-state index in [1.165, 1.54) is 0 Å². The molecule has 3 rings (SSSR count).